The van der Waals surface area contributed by atoms with E-state index < -0.39 is 5.97 Å². The van der Waals surface area contributed by atoms with Crippen molar-refractivity contribution in [2.75, 3.05) is 26.2 Å². The van der Waals surface area contributed by atoms with Crippen LogP contribution in [0.15, 0.2) is 24.3 Å². The first-order valence-corrected chi connectivity index (χ1v) is 7.99. The number of aliphatic carboxylic acids is 1. The number of rotatable bonds is 6. The zero-order chi connectivity index (χ0) is 16.2. The van der Waals surface area contributed by atoms with E-state index in [0.717, 1.165) is 32.7 Å². The van der Waals surface area contributed by atoms with Crippen LogP contribution in [0, 0.1) is 12.3 Å². The van der Waals surface area contributed by atoms with E-state index in [0.29, 0.717) is 0 Å². The number of hydrogen-bond donors (Lipinski definition) is 1. The molecular weight excluding hydrogens is 278 g/mol. The van der Waals surface area contributed by atoms with Crippen molar-refractivity contribution < 1.29 is 14.6 Å². The molecule has 4 heteroatoms. The van der Waals surface area contributed by atoms with Gasteiger partial charge in [0.25, 0.3) is 0 Å². The minimum absolute atomic E-state index is 0.123. The van der Waals surface area contributed by atoms with Gasteiger partial charge >= 0.3 is 5.97 Å². The van der Waals surface area contributed by atoms with Gasteiger partial charge in [-0.3, -0.25) is 9.69 Å². The van der Waals surface area contributed by atoms with E-state index in [1.807, 2.05) is 19.9 Å². The van der Waals surface area contributed by atoms with Gasteiger partial charge in [0.05, 0.1) is 19.1 Å². The molecule has 1 aromatic carbocycles. The number of nitrogens with zero attached hydrogens (tertiary/aromatic N) is 1. The molecular formula is C18H27NO3. The summed E-state index contributed by atoms with van der Waals surface area (Å²) in [6.07, 6.45) is 1.23. The Kier molecular flexibility index (Phi) is 5.59. The smallest absolute Gasteiger partial charge is 0.303 e. The quantitative estimate of drug-likeness (QED) is 0.876. The van der Waals surface area contributed by atoms with Crippen LogP contribution in [0.25, 0.3) is 0 Å². The van der Waals surface area contributed by atoms with Gasteiger partial charge < -0.3 is 9.84 Å². The predicted molar refractivity (Wildman–Crippen MR) is 87.0 cm³/mol. The molecule has 1 aliphatic heterocycles. The molecule has 0 radical (unpaired) electrons. The summed E-state index contributed by atoms with van der Waals surface area (Å²) >= 11 is 0. The monoisotopic (exact) mass is 305 g/mol. The Morgan fingerprint density at radius 1 is 1.41 bits per heavy atom. The molecule has 1 saturated heterocycles. The van der Waals surface area contributed by atoms with Crippen molar-refractivity contribution in [3.05, 3.63) is 35.4 Å². The standard InChI is InChI=1S/C18H27NO3/c1-14-6-4-5-7-15(14)16-13-19(10-11-22-16)9-8-18(2,3)12-17(20)21/h4-7,16H,8-13H2,1-3H3,(H,20,21). The minimum Gasteiger partial charge on any atom is -0.481 e. The van der Waals surface area contributed by atoms with Gasteiger partial charge in [-0.05, 0) is 36.4 Å². The SMILES string of the molecule is Cc1ccccc1C1CN(CCC(C)(C)CC(=O)O)CCO1. The molecule has 1 unspecified atom stereocenters. The zero-order valence-corrected chi connectivity index (χ0v) is 13.8. The number of carboxylic acid groups (broad SMARTS) is 1. The first kappa shape index (κ1) is 17.0. The van der Waals surface area contributed by atoms with Gasteiger partial charge in [-0.15, -0.1) is 0 Å². The summed E-state index contributed by atoms with van der Waals surface area (Å²) in [5.41, 5.74) is 2.36. The van der Waals surface area contributed by atoms with Crippen molar-refractivity contribution in [1.82, 2.24) is 4.90 Å². The molecule has 0 amide bonds. The topological polar surface area (TPSA) is 49.8 Å². The molecule has 1 atom stereocenters. The molecule has 0 bridgehead atoms. The lowest BCUT2D eigenvalue weighted by Crippen LogP contribution is -2.40. The third kappa shape index (κ3) is 4.82. The fraction of sp³-hybridized carbons (Fsp3) is 0.611. The van der Waals surface area contributed by atoms with E-state index in [1.54, 1.807) is 0 Å². The van der Waals surface area contributed by atoms with E-state index in [1.165, 1.54) is 11.1 Å². The fourth-order valence-electron chi connectivity index (χ4n) is 3.00. The van der Waals surface area contributed by atoms with Crippen LogP contribution < -0.4 is 0 Å². The number of benzene rings is 1. The second kappa shape index (κ2) is 7.25. The van der Waals surface area contributed by atoms with Gasteiger partial charge in [-0.1, -0.05) is 38.1 Å². The maximum atomic E-state index is 10.9. The highest BCUT2D eigenvalue weighted by molar-refractivity contribution is 5.67. The fourth-order valence-corrected chi connectivity index (χ4v) is 3.00. The van der Waals surface area contributed by atoms with Gasteiger partial charge in [0.2, 0.25) is 0 Å². The van der Waals surface area contributed by atoms with E-state index in [9.17, 15) is 4.79 Å². The number of aryl methyl sites for hydroxylation is 1. The highest BCUT2D eigenvalue weighted by Gasteiger charge is 2.26. The summed E-state index contributed by atoms with van der Waals surface area (Å²) in [6, 6.07) is 8.36. The third-order valence-electron chi connectivity index (χ3n) is 4.42. The summed E-state index contributed by atoms with van der Waals surface area (Å²) in [5, 5.41) is 8.97. The highest BCUT2D eigenvalue weighted by atomic mass is 16.5. The van der Waals surface area contributed by atoms with Crippen molar-refractivity contribution in [3.8, 4) is 0 Å². The molecule has 1 aliphatic rings. The lowest BCUT2D eigenvalue weighted by atomic mass is 9.85. The Bertz CT molecular complexity index is 513. The summed E-state index contributed by atoms with van der Waals surface area (Å²) < 4.78 is 5.94. The molecule has 0 aliphatic carbocycles. The minimum atomic E-state index is -0.718. The molecule has 0 spiro atoms. The van der Waals surface area contributed by atoms with Crippen molar-refractivity contribution in [1.29, 1.82) is 0 Å². The molecule has 2 rings (SSSR count). The Morgan fingerprint density at radius 3 is 2.82 bits per heavy atom. The van der Waals surface area contributed by atoms with E-state index in [2.05, 4.69) is 30.0 Å². The van der Waals surface area contributed by atoms with Crippen molar-refractivity contribution in [2.24, 2.45) is 5.41 Å². The predicted octanol–water partition coefficient (Wildman–Crippen LogP) is 3.26. The second-order valence-electron chi connectivity index (χ2n) is 7.00. The van der Waals surface area contributed by atoms with Gasteiger partial charge in [-0.2, -0.15) is 0 Å². The van der Waals surface area contributed by atoms with Crippen LogP contribution in [0.1, 0.15) is 43.9 Å². The Balaban J connectivity index is 1.91. The van der Waals surface area contributed by atoms with Gasteiger partial charge in [0.1, 0.15) is 0 Å². The van der Waals surface area contributed by atoms with Crippen molar-refractivity contribution in [2.45, 2.75) is 39.7 Å². The molecule has 1 heterocycles. The first-order valence-electron chi connectivity index (χ1n) is 7.99. The maximum Gasteiger partial charge on any atom is 0.303 e. The first-order chi connectivity index (χ1) is 10.4. The summed E-state index contributed by atoms with van der Waals surface area (Å²) in [6.45, 7) is 9.64. The van der Waals surface area contributed by atoms with Gasteiger partial charge in [-0.25, -0.2) is 0 Å². The van der Waals surface area contributed by atoms with Crippen LogP contribution in [0.4, 0.5) is 0 Å². The van der Waals surface area contributed by atoms with Crippen LogP contribution in [-0.4, -0.2) is 42.2 Å². The third-order valence-corrected chi connectivity index (χ3v) is 4.42. The molecule has 0 aromatic heterocycles. The number of carboxylic acids is 1. The number of morpholine rings is 1. The van der Waals surface area contributed by atoms with Crippen LogP contribution in [-0.2, 0) is 9.53 Å². The zero-order valence-electron chi connectivity index (χ0n) is 13.8. The van der Waals surface area contributed by atoms with Gasteiger partial charge in [0, 0.05) is 13.1 Å². The Hall–Kier alpha value is -1.39. The van der Waals surface area contributed by atoms with E-state index in [-0.39, 0.29) is 17.9 Å². The Labute approximate surface area is 133 Å². The maximum absolute atomic E-state index is 10.9. The molecule has 122 valence electrons. The summed E-state index contributed by atoms with van der Waals surface area (Å²) in [5.74, 6) is -0.718. The summed E-state index contributed by atoms with van der Waals surface area (Å²) in [7, 11) is 0. The molecule has 1 aromatic rings. The Morgan fingerprint density at radius 2 is 2.14 bits per heavy atom. The number of ether oxygens (including phenoxy) is 1. The van der Waals surface area contributed by atoms with E-state index in [4.69, 9.17) is 9.84 Å². The van der Waals surface area contributed by atoms with Crippen molar-refractivity contribution >= 4 is 5.97 Å². The normalized spacial score (nSPS) is 20.0. The molecule has 1 N–H and O–H groups in total. The van der Waals surface area contributed by atoms with Crippen LogP contribution in [0.5, 0.6) is 0 Å². The largest absolute Gasteiger partial charge is 0.481 e. The lowest BCUT2D eigenvalue weighted by molar-refractivity contribution is -0.139. The van der Waals surface area contributed by atoms with Crippen LogP contribution >= 0.6 is 0 Å². The summed E-state index contributed by atoms with van der Waals surface area (Å²) in [4.78, 5) is 13.3. The van der Waals surface area contributed by atoms with Crippen molar-refractivity contribution in [3.63, 3.8) is 0 Å². The van der Waals surface area contributed by atoms with Crippen LogP contribution in [0.2, 0.25) is 0 Å². The second-order valence-corrected chi connectivity index (χ2v) is 7.00. The molecule has 22 heavy (non-hydrogen) atoms. The molecule has 4 nitrogen and oxygen atoms in total. The average Bonchev–Trinajstić information content (AvgIpc) is 2.45. The highest BCUT2D eigenvalue weighted by Crippen LogP contribution is 2.28. The van der Waals surface area contributed by atoms with Crippen LogP contribution in [0.3, 0.4) is 0 Å². The van der Waals surface area contributed by atoms with E-state index >= 15 is 0 Å². The lowest BCUT2D eigenvalue weighted by Gasteiger charge is -2.35. The van der Waals surface area contributed by atoms with Gasteiger partial charge in [0.15, 0.2) is 0 Å². The number of hydrogen-bond acceptors (Lipinski definition) is 3. The average molecular weight is 305 g/mol. The molecule has 0 saturated carbocycles. The molecule has 1 fully saturated rings. The number of carbonyl (C=O) groups is 1.